The fourth-order valence-electron chi connectivity index (χ4n) is 8.17. The molecule has 0 aliphatic rings. The number of anilines is 3. The molecule has 2 nitrogen and oxygen atoms in total. The van der Waals surface area contributed by atoms with E-state index in [9.17, 15) is 0 Å². The number of para-hydroxylation sites is 1. The molecule has 2 heteroatoms. The van der Waals surface area contributed by atoms with Crippen LogP contribution in [0.25, 0.3) is 60.9 Å². The first-order valence-electron chi connectivity index (χ1n) is 20.3. The number of hydrogen-bond donors (Lipinski definition) is 0. The second-order valence-corrected chi connectivity index (χ2v) is 15.6. The van der Waals surface area contributed by atoms with E-state index in [0.717, 1.165) is 23.5 Å². The zero-order valence-corrected chi connectivity index (χ0v) is 33.2. The number of benzene rings is 8. The minimum Gasteiger partial charge on any atom is -0.311 e. The molecule has 9 aromatic rings. The van der Waals surface area contributed by atoms with Crippen LogP contribution in [-0.4, -0.2) is 4.57 Å². The van der Waals surface area contributed by atoms with E-state index in [1.54, 1.807) is 0 Å². The Bertz CT molecular complexity index is 2760. The quantitative estimate of drug-likeness (QED) is 0.136. The molecule has 0 N–H and O–H groups in total. The molecule has 9 rings (SSSR count). The number of rotatable bonds is 10. The van der Waals surface area contributed by atoms with Crippen LogP contribution in [0.4, 0.5) is 17.1 Å². The highest BCUT2D eigenvalue weighted by atomic mass is 15.1. The zero-order valence-electron chi connectivity index (χ0n) is 33.2. The number of aromatic nitrogens is 1. The zero-order chi connectivity index (χ0) is 38.9. The van der Waals surface area contributed by atoms with E-state index in [0.29, 0.717) is 11.8 Å². The highest BCUT2D eigenvalue weighted by Gasteiger charge is 2.17. The molecule has 0 radical (unpaired) electrons. The van der Waals surface area contributed by atoms with Crippen molar-refractivity contribution >= 4 is 38.9 Å². The van der Waals surface area contributed by atoms with E-state index in [1.807, 2.05) is 0 Å². The first kappa shape index (κ1) is 36.0. The van der Waals surface area contributed by atoms with Crippen LogP contribution in [0.5, 0.6) is 0 Å². The molecule has 1 heterocycles. The van der Waals surface area contributed by atoms with Crippen molar-refractivity contribution in [2.24, 2.45) is 0 Å². The maximum absolute atomic E-state index is 2.43. The van der Waals surface area contributed by atoms with Gasteiger partial charge in [-0.2, -0.15) is 0 Å². The van der Waals surface area contributed by atoms with Gasteiger partial charge in [0.15, 0.2) is 0 Å². The van der Waals surface area contributed by atoms with Crippen LogP contribution in [0.1, 0.15) is 57.1 Å². The molecule has 0 aliphatic carbocycles. The van der Waals surface area contributed by atoms with Crippen LogP contribution < -0.4 is 4.90 Å². The first-order chi connectivity index (χ1) is 27.9. The smallest absolute Gasteiger partial charge is 0.0541 e. The molecular formula is C55H48N2. The van der Waals surface area contributed by atoms with Gasteiger partial charge in [0.05, 0.1) is 11.0 Å². The summed E-state index contributed by atoms with van der Waals surface area (Å²) in [4.78, 5) is 2.33. The van der Waals surface area contributed by atoms with E-state index < -0.39 is 0 Å². The largest absolute Gasteiger partial charge is 0.311 e. The van der Waals surface area contributed by atoms with E-state index in [1.165, 1.54) is 72.0 Å². The molecule has 0 saturated heterocycles. The van der Waals surface area contributed by atoms with Gasteiger partial charge in [0, 0.05) is 33.5 Å². The van der Waals surface area contributed by atoms with Crippen molar-refractivity contribution < 1.29 is 0 Å². The summed E-state index contributed by atoms with van der Waals surface area (Å²) in [6.45, 7) is 9.07. The van der Waals surface area contributed by atoms with Gasteiger partial charge in [0.2, 0.25) is 0 Å². The molecular weight excluding hydrogens is 689 g/mol. The Morgan fingerprint density at radius 1 is 0.404 bits per heavy atom. The summed E-state index contributed by atoms with van der Waals surface area (Å²) >= 11 is 0. The van der Waals surface area contributed by atoms with Crippen LogP contribution in [0.2, 0.25) is 0 Å². The maximum Gasteiger partial charge on any atom is 0.0541 e. The van der Waals surface area contributed by atoms with Crippen LogP contribution in [0, 0.1) is 0 Å². The predicted molar refractivity (Wildman–Crippen MR) is 245 cm³/mol. The van der Waals surface area contributed by atoms with Crippen molar-refractivity contribution in [3.05, 3.63) is 205 Å². The number of hydrogen-bond acceptors (Lipinski definition) is 1. The van der Waals surface area contributed by atoms with Crippen LogP contribution in [0.3, 0.4) is 0 Å². The second kappa shape index (κ2) is 15.5. The molecule has 0 fully saturated rings. The Labute approximate surface area is 337 Å². The van der Waals surface area contributed by atoms with Gasteiger partial charge < -0.3 is 9.47 Å². The molecule has 0 spiro atoms. The van der Waals surface area contributed by atoms with Crippen LogP contribution in [0.15, 0.2) is 194 Å². The predicted octanol–water partition coefficient (Wildman–Crippen LogP) is 15.9. The lowest BCUT2D eigenvalue weighted by Crippen LogP contribution is -2.09. The van der Waals surface area contributed by atoms with Crippen LogP contribution in [-0.2, 0) is 0 Å². The molecule has 57 heavy (non-hydrogen) atoms. The van der Waals surface area contributed by atoms with E-state index >= 15 is 0 Å². The molecule has 1 unspecified atom stereocenters. The third-order valence-corrected chi connectivity index (χ3v) is 11.7. The van der Waals surface area contributed by atoms with Gasteiger partial charge in [0.1, 0.15) is 0 Å². The average molecular weight is 737 g/mol. The van der Waals surface area contributed by atoms with Gasteiger partial charge in [-0.3, -0.25) is 0 Å². The molecule has 0 bridgehead atoms. The molecule has 8 aromatic carbocycles. The van der Waals surface area contributed by atoms with Crippen molar-refractivity contribution in [2.75, 3.05) is 4.90 Å². The lowest BCUT2D eigenvalue weighted by Gasteiger charge is -2.26. The fraction of sp³-hybridized carbons (Fsp3) is 0.127. The lowest BCUT2D eigenvalue weighted by atomic mass is 9.95. The first-order valence-corrected chi connectivity index (χ1v) is 20.3. The average Bonchev–Trinajstić information content (AvgIpc) is 3.60. The number of fused-ring (bicyclic) bond motifs is 3. The van der Waals surface area contributed by atoms with Crippen molar-refractivity contribution in [2.45, 2.75) is 46.0 Å². The summed E-state index contributed by atoms with van der Waals surface area (Å²) in [6.07, 6.45) is 1.14. The maximum atomic E-state index is 2.43. The van der Waals surface area contributed by atoms with E-state index in [2.05, 4.69) is 231 Å². The normalized spacial score (nSPS) is 12.0. The molecule has 0 amide bonds. The summed E-state index contributed by atoms with van der Waals surface area (Å²) in [6, 6.07) is 71.3. The Morgan fingerprint density at radius 2 is 0.807 bits per heavy atom. The summed E-state index contributed by atoms with van der Waals surface area (Å²) in [7, 11) is 0. The third kappa shape index (κ3) is 7.04. The van der Waals surface area contributed by atoms with Gasteiger partial charge >= 0.3 is 0 Å². The molecule has 1 atom stereocenters. The SMILES string of the molecule is CCC(C)c1ccc(-c2ccc3c(c2)c2cc(-c4ccc(N(c5ccccc5)c5ccc(-c6ccccc6)cc5)cc4)ccc2n3-c2ccc(C(C)C)cc2)cc1. The van der Waals surface area contributed by atoms with Gasteiger partial charge in [-0.05, 0) is 136 Å². The Hall–Kier alpha value is -6.64. The topological polar surface area (TPSA) is 8.17 Å². The summed E-state index contributed by atoms with van der Waals surface area (Å²) in [5.74, 6) is 1.04. The summed E-state index contributed by atoms with van der Waals surface area (Å²) < 4.78 is 2.43. The van der Waals surface area contributed by atoms with Crippen molar-refractivity contribution in [1.82, 2.24) is 4.57 Å². The summed E-state index contributed by atoms with van der Waals surface area (Å²) in [5.41, 5.74) is 17.0. The highest BCUT2D eigenvalue weighted by molar-refractivity contribution is 6.11. The Morgan fingerprint density at radius 3 is 1.30 bits per heavy atom. The van der Waals surface area contributed by atoms with Crippen molar-refractivity contribution in [3.63, 3.8) is 0 Å². The Kier molecular flexibility index (Phi) is 9.78. The van der Waals surface area contributed by atoms with Gasteiger partial charge in [-0.15, -0.1) is 0 Å². The van der Waals surface area contributed by atoms with Gasteiger partial charge in [-0.25, -0.2) is 0 Å². The third-order valence-electron chi connectivity index (χ3n) is 11.7. The minimum atomic E-state index is 0.486. The molecule has 278 valence electrons. The molecule has 0 aliphatic heterocycles. The fourth-order valence-corrected chi connectivity index (χ4v) is 8.17. The van der Waals surface area contributed by atoms with Crippen molar-refractivity contribution in [3.8, 4) is 39.1 Å². The van der Waals surface area contributed by atoms with Gasteiger partial charge in [0.25, 0.3) is 0 Å². The van der Waals surface area contributed by atoms with Gasteiger partial charge in [-0.1, -0.05) is 149 Å². The van der Waals surface area contributed by atoms with Crippen molar-refractivity contribution in [1.29, 1.82) is 0 Å². The number of nitrogens with zero attached hydrogens (tertiary/aromatic N) is 2. The standard InChI is InChI=1S/C55H48N2/c1-5-39(4)41-16-18-44(19-17-41)46-26-34-54-52(36-46)53-37-47(27-35-55(53)57(54)51-28-20-40(21-29-51)38(2)3)45-24-32-50(33-25-45)56(48-14-10-7-11-15-48)49-30-22-43(23-31-49)42-12-8-6-9-13-42/h6-39H,5H2,1-4H3. The van der Waals surface area contributed by atoms with E-state index in [4.69, 9.17) is 0 Å². The Balaban J connectivity index is 1.12. The monoisotopic (exact) mass is 736 g/mol. The highest BCUT2D eigenvalue weighted by Crippen LogP contribution is 2.40. The molecule has 0 saturated carbocycles. The molecule has 1 aromatic heterocycles. The van der Waals surface area contributed by atoms with E-state index in [-0.39, 0.29) is 0 Å². The second-order valence-electron chi connectivity index (χ2n) is 15.6. The van der Waals surface area contributed by atoms with Crippen LogP contribution >= 0.6 is 0 Å². The minimum absolute atomic E-state index is 0.486. The summed E-state index contributed by atoms with van der Waals surface area (Å²) in [5, 5.41) is 2.51. The lowest BCUT2D eigenvalue weighted by molar-refractivity contribution is 0.734.